The minimum Gasteiger partial charge on any atom is -0.491 e. The lowest BCUT2D eigenvalue weighted by atomic mass is 9.93. The maximum atomic E-state index is 12.8. The number of β-amino-alcohol motifs (C(OH)–C–C–N with tert-alkyl or cyclic N) is 1. The molecule has 1 aliphatic heterocycles. The molecule has 2 aromatic rings. The van der Waals surface area contributed by atoms with Crippen molar-refractivity contribution in [2.45, 2.75) is 38.7 Å². The van der Waals surface area contributed by atoms with Crippen LogP contribution >= 0.6 is 0 Å². The molecule has 0 bridgehead atoms. The third-order valence-electron chi connectivity index (χ3n) is 5.15. The number of likely N-dealkylation sites (tertiary alicyclic amines) is 1. The van der Waals surface area contributed by atoms with E-state index in [1.165, 1.54) is 0 Å². The van der Waals surface area contributed by atoms with Crippen molar-refractivity contribution < 1.29 is 14.6 Å². The van der Waals surface area contributed by atoms with Crippen molar-refractivity contribution in [3.05, 3.63) is 47.3 Å². The first-order valence-corrected chi connectivity index (χ1v) is 9.05. The lowest BCUT2D eigenvalue weighted by Gasteiger charge is -2.39. The summed E-state index contributed by atoms with van der Waals surface area (Å²) in [6.45, 7) is 5.06. The first kappa shape index (κ1) is 18.5. The van der Waals surface area contributed by atoms with Crippen molar-refractivity contribution >= 4 is 5.91 Å². The van der Waals surface area contributed by atoms with Crippen LogP contribution in [-0.4, -0.2) is 51.0 Å². The van der Waals surface area contributed by atoms with Gasteiger partial charge in [-0.25, -0.2) is 0 Å². The van der Waals surface area contributed by atoms with Gasteiger partial charge in [-0.3, -0.25) is 9.48 Å². The van der Waals surface area contributed by atoms with Crippen LogP contribution in [0.5, 0.6) is 5.75 Å². The number of piperidine rings is 1. The molecule has 6 nitrogen and oxygen atoms in total. The SMILES string of the molecule is Cc1nn(C)c(C)c1CC(=O)N1CCC[C@](O)(COc2ccccc2)C1. The zero-order valence-corrected chi connectivity index (χ0v) is 15.7. The Balaban J connectivity index is 1.62. The van der Waals surface area contributed by atoms with E-state index in [9.17, 15) is 9.90 Å². The number of hydrogen-bond acceptors (Lipinski definition) is 4. The average Bonchev–Trinajstić information content (AvgIpc) is 2.87. The first-order chi connectivity index (χ1) is 12.4. The van der Waals surface area contributed by atoms with Crippen LogP contribution in [0.25, 0.3) is 0 Å². The van der Waals surface area contributed by atoms with E-state index < -0.39 is 5.60 Å². The second-order valence-corrected chi connectivity index (χ2v) is 7.19. The smallest absolute Gasteiger partial charge is 0.227 e. The number of carbonyl (C=O) groups is 1. The molecular formula is C20H27N3O3. The normalized spacial score (nSPS) is 20.2. The maximum Gasteiger partial charge on any atom is 0.227 e. The maximum absolute atomic E-state index is 12.8. The zero-order valence-electron chi connectivity index (χ0n) is 15.7. The number of aliphatic hydroxyl groups is 1. The molecule has 0 aliphatic carbocycles. The van der Waals surface area contributed by atoms with Crippen molar-refractivity contribution in [2.75, 3.05) is 19.7 Å². The Labute approximate surface area is 154 Å². The van der Waals surface area contributed by atoms with Crippen molar-refractivity contribution in [3.63, 3.8) is 0 Å². The fourth-order valence-corrected chi connectivity index (χ4v) is 3.51. The number of para-hydroxylation sites is 1. The number of ether oxygens (including phenoxy) is 1. The summed E-state index contributed by atoms with van der Waals surface area (Å²) < 4.78 is 7.54. The monoisotopic (exact) mass is 357 g/mol. The second kappa shape index (κ2) is 7.50. The van der Waals surface area contributed by atoms with Crippen LogP contribution in [0.15, 0.2) is 30.3 Å². The molecule has 1 aliphatic rings. The molecule has 1 atom stereocenters. The summed E-state index contributed by atoms with van der Waals surface area (Å²) in [5.41, 5.74) is 1.86. The van der Waals surface area contributed by atoms with E-state index >= 15 is 0 Å². The molecule has 0 unspecified atom stereocenters. The Hall–Kier alpha value is -2.34. The molecule has 0 radical (unpaired) electrons. The number of hydrogen-bond donors (Lipinski definition) is 1. The van der Waals surface area contributed by atoms with Gasteiger partial charge in [0.1, 0.15) is 18.0 Å². The van der Waals surface area contributed by atoms with E-state index in [4.69, 9.17) is 4.74 Å². The Morgan fingerprint density at radius 2 is 2.04 bits per heavy atom. The van der Waals surface area contributed by atoms with Crippen molar-refractivity contribution in [3.8, 4) is 5.75 Å². The Bertz CT molecular complexity index is 772. The van der Waals surface area contributed by atoms with Gasteiger partial charge in [-0.1, -0.05) is 18.2 Å². The summed E-state index contributed by atoms with van der Waals surface area (Å²) in [4.78, 5) is 14.5. The first-order valence-electron chi connectivity index (χ1n) is 9.05. The van der Waals surface area contributed by atoms with Crippen molar-refractivity contribution in [1.82, 2.24) is 14.7 Å². The fraction of sp³-hybridized carbons (Fsp3) is 0.500. The number of benzene rings is 1. The van der Waals surface area contributed by atoms with Crippen molar-refractivity contribution in [1.29, 1.82) is 0 Å². The van der Waals surface area contributed by atoms with Gasteiger partial charge in [0.15, 0.2) is 0 Å². The summed E-state index contributed by atoms with van der Waals surface area (Å²) in [6.07, 6.45) is 1.72. The quantitative estimate of drug-likeness (QED) is 0.889. The molecule has 1 amide bonds. The summed E-state index contributed by atoms with van der Waals surface area (Å²) in [5.74, 6) is 0.757. The summed E-state index contributed by atoms with van der Waals surface area (Å²) in [7, 11) is 1.89. The van der Waals surface area contributed by atoms with Crippen LogP contribution in [0.3, 0.4) is 0 Å². The molecule has 26 heavy (non-hydrogen) atoms. The van der Waals surface area contributed by atoms with Crippen LogP contribution in [-0.2, 0) is 18.3 Å². The van der Waals surface area contributed by atoms with Crippen LogP contribution in [0.2, 0.25) is 0 Å². The van der Waals surface area contributed by atoms with Gasteiger partial charge in [0.2, 0.25) is 5.91 Å². The number of aryl methyl sites for hydroxylation is 2. The molecule has 0 spiro atoms. The highest BCUT2D eigenvalue weighted by Crippen LogP contribution is 2.24. The number of aromatic nitrogens is 2. The largest absolute Gasteiger partial charge is 0.491 e. The molecule has 3 rings (SSSR count). The predicted octanol–water partition coefficient (Wildman–Crippen LogP) is 2.01. The molecule has 1 aromatic carbocycles. The molecule has 0 saturated carbocycles. The third-order valence-corrected chi connectivity index (χ3v) is 5.15. The minimum absolute atomic E-state index is 0.0297. The van der Waals surface area contributed by atoms with Crippen LogP contribution < -0.4 is 4.74 Å². The standard InChI is InChI=1S/C20H27N3O3/c1-15-18(16(2)22(3)21-15)12-19(24)23-11-7-10-20(25,13-23)14-26-17-8-5-4-6-9-17/h4-6,8-9,25H,7,10-14H2,1-3H3/t20-/m1/s1. The van der Waals surface area contributed by atoms with Gasteiger partial charge < -0.3 is 14.7 Å². The molecule has 6 heteroatoms. The molecule has 1 aromatic heterocycles. The highest BCUT2D eigenvalue weighted by molar-refractivity contribution is 5.79. The van der Waals surface area contributed by atoms with E-state index in [1.807, 2.05) is 51.2 Å². The second-order valence-electron chi connectivity index (χ2n) is 7.19. The summed E-state index contributed by atoms with van der Waals surface area (Å²) >= 11 is 0. The Morgan fingerprint density at radius 3 is 2.69 bits per heavy atom. The number of rotatable bonds is 5. The van der Waals surface area contributed by atoms with Gasteiger partial charge >= 0.3 is 0 Å². The number of nitrogens with zero attached hydrogens (tertiary/aromatic N) is 3. The van der Waals surface area contributed by atoms with Gasteiger partial charge in [0, 0.05) is 24.8 Å². The molecular weight excluding hydrogens is 330 g/mol. The van der Waals surface area contributed by atoms with E-state index in [0.29, 0.717) is 25.9 Å². The molecule has 2 heterocycles. The summed E-state index contributed by atoms with van der Waals surface area (Å²) in [6, 6.07) is 9.44. The molecule has 1 saturated heterocycles. The topological polar surface area (TPSA) is 67.6 Å². The molecule has 1 N–H and O–H groups in total. The van der Waals surface area contributed by atoms with Crippen LogP contribution in [0.4, 0.5) is 0 Å². The fourth-order valence-electron chi connectivity index (χ4n) is 3.51. The van der Waals surface area contributed by atoms with Gasteiger partial charge in [-0.15, -0.1) is 0 Å². The minimum atomic E-state index is -1.01. The Kier molecular flexibility index (Phi) is 5.32. The number of carbonyl (C=O) groups excluding carboxylic acids is 1. The van der Waals surface area contributed by atoms with Crippen molar-refractivity contribution in [2.24, 2.45) is 7.05 Å². The van der Waals surface area contributed by atoms with E-state index in [-0.39, 0.29) is 12.5 Å². The third kappa shape index (κ3) is 4.07. The lowest BCUT2D eigenvalue weighted by Crippen LogP contribution is -2.53. The van der Waals surface area contributed by atoms with E-state index in [1.54, 1.807) is 9.58 Å². The Morgan fingerprint density at radius 1 is 1.31 bits per heavy atom. The summed E-state index contributed by atoms with van der Waals surface area (Å²) in [5, 5.41) is 15.3. The molecule has 1 fully saturated rings. The zero-order chi connectivity index (χ0) is 18.7. The predicted molar refractivity (Wildman–Crippen MR) is 99.1 cm³/mol. The van der Waals surface area contributed by atoms with Crippen LogP contribution in [0.1, 0.15) is 29.8 Å². The van der Waals surface area contributed by atoms with Gasteiger partial charge in [-0.2, -0.15) is 5.10 Å². The van der Waals surface area contributed by atoms with E-state index in [2.05, 4.69) is 5.10 Å². The highest BCUT2D eigenvalue weighted by atomic mass is 16.5. The van der Waals surface area contributed by atoms with Gasteiger partial charge in [0.25, 0.3) is 0 Å². The van der Waals surface area contributed by atoms with Crippen LogP contribution in [0, 0.1) is 13.8 Å². The highest BCUT2D eigenvalue weighted by Gasteiger charge is 2.36. The lowest BCUT2D eigenvalue weighted by molar-refractivity contribution is -0.139. The van der Waals surface area contributed by atoms with Gasteiger partial charge in [0.05, 0.1) is 18.7 Å². The van der Waals surface area contributed by atoms with E-state index in [0.717, 1.165) is 29.1 Å². The average molecular weight is 357 g/mol. The van der Waals surface area contributed by atoms with Gasteiger partial charge in [-0.05, 0) is 38.8 Å². The molecule has 140 valence electrons. The number of amides is 1.